The number of non-ortho nitro benzene ring substituents is 1. The molecule has 0 unspecified atom stereocenters. The average Bonchev–Trinajstić information content (AvgIpc) is 2.46. The van der Waals surface area contributed by atoms with Crippen molar-refractivity contribution in [2.45, 2.75) is 13.0 Å². The third-order valence-corrected chi connectivity index (χ3v) is 2.84. The Morgan fingerprint density at radius 1 is 1.33 bits per heavy atom. The molecule has 1 aromatic heterocycles. The Kier molecular flexibility index (Phi) is 4.45. The summed E-state index contributed by atoms with van der Waals surface area (Å²) in [5.74, 6) is 0.101. The number of hydrogen-bond acceptors (Lipinski definition) is 5. The van der Waals surface area contributed by atoms with Gasteiger partial charge in [-0.05, 0) is 11.6 Å². The highest BCUT2D eigenvalue weighted by molar-refractivity contribution is 5.78. The van der Waals surface area contributed by atoms with Crippen LogP contribution in [-0.2, 0) is 17.8 Å². The van der Waals surface area contributed by atoms with Gasteiger partial charge in [-0.1, -0.05) is 18.2 Å². The molecule has 21 heavy (non-hydrogen) atoms. The molecule has 108 valence electrons. The molecular formula is C14H14N4O3. The Hall–Kier alpha value is -2.96. The van der Waals surface area contributed by atoms with Crippen LogP contribution in [0.3, 0.4) is 0 Å². The summed E-state index contributed by atoms with van der Waals surface area (Å²) in [5.41, 5.74) is 6.66. The minimum atomic E-state index is -0.443. The molecule has 3 N–H and O–H groups in total. The number of amides is 1. The summed E-state index contributed by atoms with van der Waals surface area (Å²) in [6, 6.07) is 9.80. The number of pyridine rings is 1. The van der Waals surface area contributed by atoms with Gasteiger partial charge >= 0.3 is 0 Å². The van der Waals surface area contributed by atoms with E-state index in [-0.39, 0.29) is 12.1 Å². The minimum Gasteiger partial charge on any atom is -0.369 e. The zero-order chi connectivity index (χ0) is 15.2. The van der Waals surface area contributed by atoms with E-state index in [2.05, 4.69) is 10.3 Å². The standard InChI is InChI=1S/C14H14N4O3/c15-13(19)8-11-4-2-6-16-14(11)17-9-10-3-1-5-12(7-10)18(20)21/h1-7H,8-9H2,(H2,15,19)(H,16,17). The molecule has 0 aliphatic carbocycles. The Morgan fingerprint density at radius 3 is 2.86 bits per heavy atom. The summed E-state index contributed by atoms with van der Waals surface area (Å²) in [6.45, 7) is 0.366. The van der Waals surface area contributed by atoms with E-state index in [1.165, 1.54) is 12.1 Å². The van der Waals surface area contributed by atoms with Gasteiger partial charge in [0.05, 0.1) is 11.3 Å². The monoisotopic (exact) mass is 286 g/mol. The molecule has 0 bridgehead atoms. The van der Waals surface area contributed by atoms with E-state index in [0.29, 0.717) is 17.9 Å². The molecule has 0 radical (unpaired) electrons. The number of nitro groups is 1. The van der Waals surface area contributed by atoms with Gasteiger partial charge in [0.1, 0.15) is 5.82 Å². The Labute approximate surface area is 121 Å². The molecule has 7 heteroatoms. The average molecular weight is 286 g/mol. The van der Waals surface area contributed by atoms with Gasteiger partial charge in [-0.15, -0.1) is 0 Å². The van der Waals surface area contributed by atoms with Crippen LogP contribution in [0.25, 0.3) is 0 Å². The van der Waals surface area contributed by atoms with Crippen LogP contribution < -0.4 is 11.1 Å². The predicted octanol–water partition coefficient (Wildman–Crippen LogP) is 1.63. The zero-order valence-electron chi connectivity index (χ0n) is 11.2. The van der Waals surface area contributed by atoms with Gasteiger partial charge in [0.25, 0.3) is 5.69 Å². The molecule has 0 atom stereocenters. The van der Waals surface area contributed by atoms with Crippen molar-refractivity contribution >= 4 is 17.4 Å². The van der Waals surface area contributed by atoms with Gasteiger partial charge in [0.15, 0.2) is 0 Å². The fraction of sp³-hybridized carbons (Fsp3) is 0.143. The number of aromatic nitrogens is 1. The van der Waals surface area contributed by atoms with Crippen LogP contribution in [0.1, 0.15) is 11.1 Å². The van der Waals surface area contributed by atoms with Crippen LogP contribution in [-0.4, -0.2) is 15.8 Å². The summed E-state index contributed by atoms with van der Waals surface area (Å²) in [4.78, 5) is 25.4. The minimum absolute atomic E-state index is 0.0349. The third kappa shape index (κ3) is 4.00. The number of carbonyl (C=O) groups is 1. The van der Waals surface area contributed by atoms with Crippen LogP contribution in [0, 0.1) is 10.1 Å². The van der Waals surface area contributed by atoms with E-state index in [9.17, 15) is 14.9 Å². The van der Waals surface area contributed by atoms with Crippen molar-refractivity contribution in [2.24, 2.45) is 5.73 Å². The molecular weight excluding hydrogens is 272 g/mol. The second kappa shape index (κ2) is 6.47. The van der Waals surface area contributed by atoms with E-state index >= 15 is 0 Å². The Morgan fingerprint density at radius 2 is 2.14 bits per heavy atom. The van der Waals surface area contributed by atoms with E-state index in [1.54, 1.807) is 30.5 Å². The van der Waals surface area contributed by atoms with Crippen LogP contribution in [0.4, 0.5) is 11.5 Å². The summed E-state index contributed by atoms with van der Waals surface area (Å²) >= 11 is 0. The number of primary amides is 1. The molecule has 1 heterocycles. The zero-order valence-corrected chi connectivity index (χ0v) is 11.2. The molecule has 0 aliphatic rings. The Balaban J connectivity index is 2.11. The number of rotatable bonds is 6. The molecule has 2 rings (SSSR count). The van der Waals surface area contributed by atoms with Crippen molar-refractivity contribution in [3.63, 3.8) is 0 Å². The summed E-state index contributed by atoms with van der Waals surface area (Å²) in [5, 5.41) is 13.8. The molecule has 0 fully saturated rings. The van der Waals surface area contributed by atoms with Gasteiger partial charge in [-0.25, -0.2) is 4.98 Å². The second-order valence-electron chi connectivity index (χ2n) is 4.43. The van der Waals surface area contributed by atoms with Crippen LogP contribution in [0.15, 0.2) is 42.6 Å². The number of nitro benzene ring substituents is 1. The van der Waals surface area contributed by atoms with Crippen LogP contribution >= 0.6 is 0 Å². The highest BCUT2D eigenvalue weighted by atomic mass is 16.6. The Bertz CT molecular complexity index is 673. The number of nitrogens with zero attached hydrogens (tertiary/aromatic N) is 2. The fourth-order valence-electron chi connectivity index (χ4n) is 1.89. The van der Waals surface area contributed by atoms with Gasteiger partial charge in [0.2, 0.25) is 5.91 Å². The van der Waals surface area contributed by atoms with Crippen molar-refractivity contribution in [3.8, 4) is 0 Å². The lowest BCUT2D eigenvalue weighted by molar-refractivity contribution is -0.384. The first kappa shape index (κ1) is 14.4. The molecule has 2 aromatic rings. The quantitative estimate of drug-likeness (QED) is 0.619. The summed E-state index contributed by atoms with van der Waals surface area (Å²) in [6.07, 6.45) is 1.69. The lowest BCUT2D eigenvalue weighted by Gasteiger charge is -2.09. The fourth-order valence-corrected chi connectivity index (χ4v) is 1.89. The number of anilines is 1. The molecule has 0 saturated heterocycles. The third-order valence-electron chi connectivity index (χ3n) is 2.84. The van der Waals surface area contributed by atoms with E-state index in [1.807, 2.05) is 0 Å². The van der Waals surface area contributed by atoms with Crippen molar-refractivity contribution in [3.05, 3.63) is 63.8 Å². The molecule has 7 nitrogen and oxygen atoms in total. The maximum atomic E-state index is 11.0. The lowest BCUT2D eigenvalue weighted by Crippen LogP contribution is -2.15. The predicted molar refractivity (Wildman–Crippen MR) is 77.6 cm³/mol. The van der Waals surface area contributed by atoms with E-state index in [4.69, 9.17) is 5.73 Å². The van der Waals surface area contributed by atoms with Gasteiger partial charge < -0.3 is 11.1 Å². The number of nitrogens with two attached hydrogens (primary N) is 1. The smallest absolute Gasteiger partial charge is 0.269 e. The SMILES string of the molecule is NC(=O)Cc1cccnc1NCc1cccc([N+](=O)[O-])c1. The summed E-state index contributed by atoms with van der Waals surface area (Å²) < 4.78 is 0. The first-order valence-corrected chi connectivity index (χ1v) is 6.25. The molecule has 0 saturated carbocycles. The largest absolute Gasteiger partial charge is 0.369 e. The van der Waals surface area contributed by atoms with Crippen LogP contribution in [0.2, 0.25) is 0 Å². The first-order chi connectivity index (χ1) is 10.1. The second-order valence-corrected chi connectivity index (χ2v) is 4.43. The number of benzene rings is 1. The number of nitrogens with one attached hydrogen (secondary N) is 1. The molecule has 0 spiro atoms. The van der Waals surface area contributed by atoms with Crippen molar-refractivity contribution in [1.29, 1.82) is 0 Å². The van der Waals surface area contributed by atoms with Gasteiger partial charge in [-0.3, -0.25) is 14.9 Å². The lowest BCUT2D eigenvalue weighted by atomic mass is 10.1. The highest BCUT2D eigenvalue weighted by Crippen LogP contribution is 2.16. The molecule has 0 aliphatic heterocycles. The first-order valence-electron chi connectivity index (χ1n) is 6.25. The van der Waals surface area contributed by atoms with Gasteiger partial charge in [-0.2, -0.15) is 0 Å². The van der Waals surface area contributed by atoms with E-state index < -0.39 is 10.8 Å². The van der Waals surface area contributed by atoms with Crippen LogP contribution in [0.5, 0.6) is 0 Å². The van der Waals surface area contributed by atoms with Gasteiger partial charge in [0, 0.05) is 30.4 Å². The number of carbonyl (C=O) groups excluding carboxylic acids is 1. The normalized spacial score (nSPS) is 10.1. The maximum Gasteiger partial charge on any atom is 0.269 e. The molecule has 1 aromatic carbocycles. The van der Waals surface area contributed by atoms with Crippen molar-refractivity contribution < 1.29 is 9.72 Å². The number of hydrogen-bond donors (Lipinski definition) is 2. The molecule has 1 amide bonds. The topological polar surface area (TPSA) is 111 Å². The van der Waals surface area contributed by atoms with Crippen molar-refractivity contribution in [2.75, 3.05) is 5.32 Å². The van der Waals surface area contributed by atoms with E-state index in [0.717, 1.165) is 5.56 Å². The maximum absolute atomic E-state index is 11.0. The van der Waals surface area contributed by atoms with Crippen molar-refractivity contribution in [1.82, 2.24) is 4.98 Å². The highest BCUT2D eigenvalue weighted by Gasteiger charge is 2.08. The summed E-state index contributed by atoms with van der Waals surface area (Å²) in [7, 11) is 0.